The van der Waals surface area contributed by atoms with Crippen LogP contribution in [0.15, 0.2) is 24.3 Å². The van der Waals surface area contributed by atoms with Crippen LogP contribution >= 0.6 is 0 Å². The quantitative estimate of drug-likeness (QED) is 0.837. The number of hydrogen-bond acceptors (Lipinski definition) is 2. The maximum absolute atomic E-state index is 14.3. The molecule has 126 valence electrons. The van der Waals surface area contributed by atoms with E-state index in [1.807, 2.05) is 20.8 Å². The third-order valence-corrected chi connectivity index (χ3v) is 4.66. The highest BCUT2D eigenvalue weighted by Gasteiger charge is 2.42. The molecule has 23 heavy (non-hydrogen) atoms. The summed E-state index contributed by atoms with van der Waals surface area (Å²) in [6, 6.07) is 5.94. The Hall–Kier alpha value is -1.91. The molecular weight excluding hydrogens is 295 g/mol. The standard InChI is InChI=1S/C18H25FN2O2/c1-4-20(5-2)18(23)14-11-12-16(22)21(6-3)17(14)13-9-7-8-10-15(13)19/h7-10,14,17H,4-6,11-12H2,1-3H3/t14-,17+/m1/s1. The zero-order valence-corrected chi connectivity index (χ0v) is 14.1. The van der Waals surface area contributed by atoms with E-state index >= 15 is 0 Å². The average molecular weight is 320 g/mol. The normalized spacial score (nSPS) is 21.4. The van der Waals surface area contributed by atoms with Gasteiger partial charge in [0.1, 0.15) is 5.82 Å². The van der Waals surface area contributed by atoms with Crippen LogP contribution in [0.1, 0.15) is 45.2 Å². The number of carbonyl (C=O) groups excluding carboxylic acids is 2. The van der Waals surface area contributed by atoms with Gasteiger partial charge in [0.2, 0.25) is 11.8 Å². The molecule has 2 amide bonds. The third-order valence-electron chi connectivity index (χ3n) is 4.66. The van der Waals surface area contributed by atoms with Gasteiger partial charge in [0.15, 0.2) is 0 Å². The molecule has 2 rings (SSSR count). The van der Waals surface area contributed by atoms with Crippen LogP contribution in [0.2, 0.25) is 0 Å². The monoisotopic (exact) mass is 320 g/mol. The molecule has 5 heteroatoms. The van der Waals surface area contributed by atoms with Crippen LogP contribution in [0.25, 0.3) is 0 Å². The number of piperidine rings is 1. The average Bonchev–Trinajstić information content (AvgIpc) is 2.56. The predicted octanol–water partition coefficient (Wildman–Crippen LogP) is 2.99. The minimum absolute atomic E-state index is 0.00852. The molecule has 1 aromatic carbocycles. The van der Waals surface area contributed by atoms with E-state index in [1.165, 1.54) is 6.07 Å². The third kappa shape index (κ3) is 3.38. The summed E-state index contributed by atoms with van der Waals surface area (Å²) in [5, 5.41) is 0. The molecular formula is C18H25FN2O2. The van der Waals surface area contributed by atoms with Crippen LogP contribution < -0.4 is 0 Å². The Kier molecular flexibility index (Phi) is 5.74. The largest absolute Gasteiger partial charge is 0.343 e. The molecule has 2 atom stereocenters. The Morgan fingerprint density at radius 2 is 1.91 bits per heavy atom. The second-order valence-electron chi connectivity index (χ2n) is 5.80. The van der Waals surface area contributed by atoms with Crippen LogP contribution in [0, 0.1) is 11.7 Å². The maximum Gasteiger partial charge on any atom is 0.228 e. The van der Waals surface area contributed by atoms with E-state index in [1.54, 1.807) is 28.0 Å². The van der Waals surface area contributed by atoms with E-state index in [0.29, 0.717) is 38.0 Å². The number of rotatable bonds is 5. The molecule has 0 saturated carbocycles. The lowest BCUT2D eigenvalue weighted by atomic mass is 9.83. The zero-order chi connectivity index (χ0) is 17.0. The van der Waals surface area contributed by atoms with Crippen molar-refractivity contribution in [3.63, 3.8) is 0 Å². The Labute approximate surface area is 137 Å². The van der Waals surface area contributed by atoms with Gasteiger partial charge in [-0.2, -0.15) is 0 Å². The number of nitrogens with zero attached hydrogens (tertiary/aromatic N) is 2. The Morgan fingerprint density at radius 1 is 1.26 bits per heavy atom. The minimum atomic E-state index is -0.518. The molecule has 1 saturated heterocycles. The number of amides is 2. The van der Waals surface area contributed by atoms with Crippen LogP contribution in [-0.4, -0.2) is 41.2 Å². The van der Waals surface area contributed by atoms with Gasteiger partial charge in [-0.25, -0.2) is 4.39 Å². The van der Waals surface area contributed by atoms with Crippen molar-refractivity contribution in [2.45, 2.75) is 39.7 Å². The first kappa shape index (κ1) is 17.4. The summed E-state index contributed by atoms with van der Waals surface area (Å²) in [6.45, 7) is 7.46. The molecule has 0 bridgehead atoms. The van der Waals surface area contributed by atoms with Gasteiger partial charge in [0, 0.05) is 31.6 Å². The number of carbonyl (C=O) groups is 2. The molecule has 4 nitrogen and oxygen atoms in total. The van der Waals surface area contributed by atoms with Gasteiger partial charge >= 0.3 is 0 Å². The molecule has 1 aromatic rings. The number of halogens is 1. The van der Waals surface area contributed by atoms with Crippen molar-refractivity contribution in [1.29, 1.82) is 0 Å². The highest BCUT2D eigenvalue weighted by atomic mass is 19.1. The van der Waals surface area contributed by atoms with Gasteiger partial charge in [-0.3, -0.25) is 9.59 Å². The molecule has 1 fully saturated rings. The van der Waals surface area contributed by atoms with Crippen molar-refractivity contribution in [2.75, 3.05) is 19.6 Å². The van der Waals surface area contributed by atoms with Crippen molar-refractivity contribution >= 4 is 11.8 Å². The lowest BCUT2D eigenvalue weighted by Gasteiger charge is -2.41. The highest BCUT2D eigenvalue weighted by molar-refractivity contribution is 5.85. The van der Waals surface area contributed by atoms with Gasteiger partial charge in [0.25, 0.3) is 0 Å². The fourth-order valence-corrected chi connectivity index (χ4v) is 3.45. The summed E-state index contributed by atoms with van der Waals surface area (Å²) < 4.78 is 14.3. The van der Waals surface area contributed by atoms with E-state index in [9.17, 15) is 14.0 Å². The van der Waals surface area contributed by atoms with Crippen molar-refractivity contribution in [2.24, 2.45) is 5.92 Å². The fraction of sp³-hybridized carbons (Fsp3) is 0.556. The molecule has 0 aromatic heterocycles. The first-order chi connectivity index (χ1) is 11.0. The summed E-state index contributed by atoms with van der Waals surface area (Å²) >= 11 is 0. The van der Waals surface area contributed by atoms with Crippen molar-refractivity contribution < 1.29 is 14.0 Å². The van der Waals surface area contributed by atoms with E-state index in [2.05, 4.69) is 0 Å². The van der Waals surface area contributed by atoms with E-state index < -0.39 is 6.04 Å². The minimum Gasteiger partial charge on any atom is -0.343 e. The number of likely N-dealkylation sites (tertiary alicyclic amines) is 1. The zero-order valence-electron chi connectivity index (χ0n) is 14.1. The van der Waals surface area contributed by atoms with Gasteiger partial charge in [-0.1, -0.05) is 18.2 Å². The van der Waals surface area contributed by atoms with E-state index in [0.717, 1.165) is 0 Å². The summed E-state index contributed by atoms with van der Waals surface area (Å²) in [4.78, 5) is 28.6. The molecule has 0 aliphatic carbocycles. The molecule has 0 N–H and O–H groups in total. The van der Waals surface area contributed by atoms with E-state index in [-0.39, 0.29) is 23.5 Å². The van der Waals surface area contributed by atoms with Crippen LogP contribution in [0.3, 0.4) is 0 Å². The number of hydrogen-bond donors (Lipinski definition) is 0. The second kappa shape index (κ2) is 7.57. The highest BCUT2D eigenvalue weighted by Crippen LogP contribution is 2.38. The summed E-state index contributed by atoms with van der Waals surface area (Å²) in [7, 11) is 0. The Bertz CT molecular complexity index is 572. The molecule has 0 unspecified atom stereocenters. The molecule has 0 spiro atoms. The second-order valence-corrected chi connectivity index (χ2v) is 5.80. The summed E-state index contributed by atoms with van der Waals surface area (Å²) in [5.41, 5.74) is 0.438. The SMILES string of the molecule is CCN(CC)C(=O)[C@@H]1CCC(=O)N(CC)[C@H]1c1ccccc1F. The lowest BCUT2D eigenvalue weighted by molar-refractivity contribution is -0.147. The first-order valence-corrected chi connectivity index (χ1v) is 8.37. The van der Waals surface area contributed by atoms with Crippen LogP contribution in [0.5, 0.6) is 0 Å². The first-order valence-electron chi connectivity index (χ1n) is 8.37. The van der Waals surface area contributed by atoms with Crippen molar-refractivity contribution in [3.8, 4) is 0 Å². The number of benzene rings is 1. The summed E-state index contributed by atoms with van der Waals surface area (Å²) in [6.07, 6.45) is 0.820. The Morgan fingerprint density at radius 3 is 2.48 bits per heavy atom. The van der Waals surface area contributed by atoms with Gasteiger partial charge < -0.3 is 9.80 Å². The predicted molar refractivity (Wildman–Crippen MR) is 87.2 cm³/mol. The summed E-state index contributed by atoms with van der Waals surface area (Å²) in [5.74, 6) is -0.744. The van der Waals surface area contributed by atoms with Crippen molar-refractivity contribution in [1.82, 2.24) is 9.80 Å². The maximum atomic E-state index is 14.3. The Balaban J connectivity index is 2.45. The van der Waals surface area contributed by atoms with Crippen LogP contribution in [-0.2, 0) is 9.59 Å². The smallest absolute Gasteiger partial charge is 0.228 e. The van der Waals surface area contributed by atoms with Gasteiger partial charge in [-0.05, 0) is 33.3 Å². The van der Waals surface area contributed by atoms with Crippen LogP contribution in [0.4, 0.5) is 4.39 Å². The van der Waals surface area contributed by atoms with Gasteiger partial charge in [0.05, 0.1) is 12.0 Å². The topological polar surface area (TPSA) is 40.6 Å². The molecule has 1 aliphatic rings. The molecule has 1 aliphatic heterocycles. The molecule has 0 radical (unpaired) electrons. The fourth-order valence-electron chi connectivity index (χ4n) is 3.45. The lowest BCUT2D eigenvalue weighted by Crippen LogP contribution is -2.49. The van der Waals surface area contributed by atoms with E-state index in [4.69, 9.17) is 0 Å². The molecule has 1 heterocycles. The van der Waals surface area contributed by atoms with Gasteiger partial charge in [-0.15, -0.1) is 0 Å². The van der Waals surface area contributed by atoms with Crippen molar-refractivity contribution in [3.05, 3.63) is 35.6 Å².